The monoisotopic (exact) mass is 547 g/mol. The lowest BCUT2D eigenvalue weighted by molar-refractivity contribution is -0.155. The Labute approximate surface area is 215 Å². The number of benzene rings is 1. The molecule has 1 aliphatic carbocycles. The maximum Gasteiger partial charge on any atom is 0.422 e. The van der Waals surface area contributed by atoms with Crippen LogP contribution >= 0.6 is 11.6 Å². The van der Waals surface area contributed by atoms with Gasteiger partial charge in [-0.15, -0.1) is 0 Å². The number of carbonyl (C=O) groups excluding carboxylic acids is 1. The number of rotatable bonds is 9. The van der Waals surface area contributed by atoms with E-state index in [-0.39, 0.29) is 30.8 Å². The summed E-state index contributed by atoms with van der Waals surface area (Å²) in [6.07, 6.45) is -3.03. The summed E-state index contributed by atoms with van der Waals surface area (Å²) < 4.78 is 72.3. The zero-order valence-corrected chi connectivity index (χ0v) is 20.5. The minimum absolute atomic E-state index is 0.00103. The third-order valence-electron chi connectivity index (χ3n) is 6.75. The van der Waals surface area contributed by atoms with Crippen LogP contribution < -0.4 is 10.1 Å². The van der Waals surface area contributed by atoms with Crippen molar-refractivity contribution in [2.45, 2.75) is 49.9 Å². The Morgan fingerprint density at radius 3 is 2.49 bits per heavy atom. The highest BCUT2D eigenvalue weighted by Crippen LogP contribution is 2.38. The second kappa shape index (κ2) is 11.1. The highest BCUT2D eigenvalue weighted by atomic mass is 35.5. The van der Waals surface area contributed by atoms with Crippen LogP contribution in [0.2, 0.25) is 5.02 Å². The molecule has 0 saturated carbocycles. The number of hydrogen-bond donors (Lipinski definition) is 2. The molecule has 2 N–H and O–H groups in total. The number of hydrogen-bond acceptors (Lipinski definition) is 5. The van der Waals surface area contributed by atoms with Crippen molar-refractivity contribution in [1.29, 1.82) is 0 Å². The van der Waals surface area contributed by atoms with Gasteiger partial charge < -0.3 is 20.1 Å². The molecule has 2 heterocycles. The molecule has 1 fully saturated rings. The molecule has 0 spiro atoms. The molecule has 2 aromatic rings. The van der Waals surface area contributed by atoms with E-state index in [1.165, 1.54) is 6.07 Å². The van der Waals surface area contributed by atoms with Crippen LogP contribution in [0.4, 0.5) is 22.0 Å². The van der Waals surface area contributed by atoms with E-state index >= 15 is 8.78 Å². The molecule has 0 bridgehead atoms. The maximum absolute atomic E-state index is 15.3. The van der Waals surface area contributed by atoms with Crippen molar-refractivity contribution < 1.29 is 36.6 Å². The number of fused-ring (bicyclic) bond motifs is 1. The number of nitrogens with zero attached hydrogens (tertiary/aromatic N) is 2. The molecular weight excluding hydrogens is 521 g/mol. The van der Waals surface area contributed by atoms with Crippen LogP contribution in [-0.2, 0) is 17.6 Å². The zero-order valence-electron chi connectivity index (χ0n) is 19.8. The Bertz CT molecular complexity index is 1090. The molecule has 12 heteroatoms. The van der Waals surface area contributed by atoms with Gasteiger partial charge in [0.25, 0.3) is 5.91 Å². The molecule has 1 saturated heterocycles. The second-order valence-electron chi connectivity index (χ2n) is 9.51. The van der Waals surface area contributed by atoms with Crippen LogP contribution in [0.15, 0.2) is 36.5 Å². The van der Waals surface area contributed by atoms with Gasteiger partial charge in [0, 0.05) is 35.3 Å². The van der Waals surface area contributed by atoms with Crippen LogP contribution in [0.1, 0.15) is 35.6 Å². The van der Waals surface area contributed by atoms with Gasteiger partial charge in [-0.2, -0.15) is 22.0 Å². The predicted molar refractivity (Wildman–Crippen MR) is 126 cm³/mol. The van der Waals surface area contributed by atoms with Gasteiger partial charge in [0.15, 0.2) is 6.61 Å². The topological polar surface area (TPSA) is 74.7 Å². The van der Waals surface area contributed by atoms with Crippen molar-refractivity contribution in [3.05, 3.63) is 58.2 Å². The number of nitrogens with one attached hydrogen (secondary N) is 1. The summed E-state index contributed by atoms with van der Waals surface area (Å²) in [5.74, 6) is -6.75. The van der Waals surface area contributed by atoms with Gasteiger partial charge in [-0.3, -0.25) is 4.79 Å². The Morgan fingerprint density at radius 2 is 1.84 bits per heavy atom. The fourth-order valence-electron chi connectivity index (χ4n) is 4.80. The van der Waals surface area contributed by atoms with Gasteiger partial charge in [0.1, 0.15) is 6.10 Å². The fraction of sp³-hybridized carbons (Fsp3) is 0.520. The minimum Gasteiger partial charge on any atom is -0.468 e. The van der Waals surface area contributed by atoms with Gasteiger partial charge in [0.2, 0.25) is 5.88 Å². The zero-order chi connectivity index (χ0) is 26.8. The first kappa shape index (κ1) is 27.5. The average molecular weight is 548 g/mol. The molecule has 1 amide bonds. The first-order valence-corrected chi connectivity index (χ1v) is 12.3. The van der Waals surface area contributed by atoms with Crippen molar-refractivity contribution in [2.75, 3.05) is 26.2 Å². The van der Waals surface area contributed by atoms with E-state index in [1.807, 2.05) is 4.90 Å². The van der Waals surface area contributed by atoms with E-state index < -0.39 is 42.7 Å². The van der Waals surface area contributed by atoms with Crippen LogP contribution in [0.3, 0.4) is 0 Å². The molecule has 2 aliphatic rings. The Morgan fingerprint density at radius 1 is 1.14 bits per heavy atom. The van der Waals surface area contributed by atoms with Crippen LogP contribution in [0.25, 0.3) is 0 Å². The minimum atomic E-state index is -4.54. The van der Waals surface area contributed by atoms with Crippen LogP contribution in [0.5, 0.6) is 5.88 Å². The molecule has 37 heavy (non-hydrogen) atoms. The lowest BCUT2D eigenvalue weighted by atomic mass is 9.96. The van der Waals surface area contributed by atoms with E-state index in [1.54, 1.807) is 18.2 Å². The number of aromatic nitrogens is 1. The summed E-state index contributed by atoms with van der Waals surface area (Å²) in [7, 11) is 0. The number of aliphatic hydroxyl groups is 1. The molecule has 1 aliphatic heterocycles. The number of likely N-dealkylation sites (tertiary alicyclic amines) is 1. The highest BCUT2D eigenvalue weighted by Gasteiger charge is 2.50. The summed E-state index contributed by atoms with van der Waals surface area (Å²) in [4.78, 5) is 18.6. The predicted octanol–water partition coefficient (Wildman–Crippen LogP) is 4.34. The summed E-state index contributed by atoms with van der Waals surface area (Å²) >= 11 is 5.98. The van der Waals surface area contributed by atoms with Gasteiger partial charge in [-0.25, -0.2) is 4.98 Å². The number of carbonyl (C=O) groups is 1. The molecule has 202 valence electrons. The first-order valence-electron chi connectivity index (χ1n) is 11.9. The van der Waals surface area contributed by atoms with Crippen molar-refractivity contribution in [3.63, 3.8) is 0 Å². The third kappa shape index (κ3) is 6.88. The van der Waals surface area contributed by atoms with Crippen molar-refractivity contribution >= 4 is 17.5 Å². The van der Waals surface area contributed by atoms with Crippen LogP contribution in [0, 0.1) is 5.92 Å². The largest absolute Gasteiger partial charge is 0.468 e. The summed E-state index contributed by atoms with van der Waals surface area (Å²) in [5.41, 5.74) is 1.54. The fourth-order valence-corrected chi connectivity index (χ4v) is 5.00. The van der Waals surface area contributed by atoms with E-state index in [0.717, 1.165) is 30.7 Å². The summed E-state index contributed by atoms with van der Waals surface area (Å²) in [6, 6.07) is 6.27. The molecular formula is C25H27ClF5N3O3. The quantitative estimate of drug-likeness (QED) is 0.457. The van der Waals surface area contributed by atoms with Gasteiger partial charge in [-0.1, -0.05) is 17.7 Å². The second-order valence-corrected chi connectivity index (χ2v) is 9.94. The number of aliphatic hydroxyl groups excluding tert-OH is 1. The molecule has 1 aromatic carbocycles. The van der Waals surface area contributed by atoms with E-state index in [9.17, 15) is 23.1 Å². The number of amides is 1. The lowest BCUT2D eigenvalue weighted by Crippen LogP contribution is -2.54. The first-order chi connectivity index (χ1) is 17.4. The van der Waals surface area contributed by atoms with Crippen molar-refractivity contribution in [3.8, 4) is 5.88 Å². The number of pyridine rings is 1. The molecule has 3 atom stereocenters. The van der Waals surface area contributed by atoms with Gasteiger partial charge in [-0.05, 0) is 68.1 Å². The van der Waals surface area contributed by atoms with Gasteiger partial charge in [0.05, 0.1) is 6.04 Å². The van der Waals surface area contributed by atoms with E-state index in [0.29, 0.717) is 23.7 Å². The normalized spacial score (nSPS) is 19.9. The smallest absolute Gasteiger partial charge is 0.422 e. The highest BCUT2D eigenvalue weighted by molar-refractivity contribution is 6.30. The van der Waals surface area contributed by atoms with Crippen molar-refractivity contribution in [2.24, 2.45) is 5.92 Å². The van der Waals surface area contributed by atoms with Crippen molar-refractivity contribution in [1.82, 2.24) is 15.2 Å². The molecule has 0 radical (unpaired) electrons. The third-order valence-corrected chi connectivity index (χ3v) is 6.99. The molecule has 6 nitrogen and oxygen atoms in total. The SMILES string of the molecule is O=C(NC(CN1CCCC1)C(O)c1ccc(OCC(F)(F)F)nc1)C(F)(F)C1Cc2ccc(Cl)cc2C1. The van der Waals surface area contributed by atoms with E-state index in [4.69, 9.17) is 11.6 Å². The Hall–Kier alpha value is -2.50. The number of ether oxygens (including phenoxy) is 1. The number of alkyl halides is 5. The lowest BCUT2D eigenvalue weighted by Gasteiger charge is -2.31. The van der Waals surface area contributed by atoms with E-state index in [2.05, 4.69) is 15.0 Å². The standard InChI is InChI=1S/C25H27ClF5N3O3/c26-19-5-3-15-9-18(10-17(15)11-19)25(30,31)23(36)33-20(13-34-7-1-2-8-34)22(35)16-4-6-21(32-12-16)37-14-24(27,28)29/h3-6,11-12,18,20,22,35H,1-2,7-10,13-14H2,(H,33,36). The number of halogens is 6. The molecule has 1 aromatic heterocycles. The molecule has 4 rings (SSSR count). The summed E-state index contributed by atoms with van der Waals surface area (Å²) in [5, 5.41) is 13.8. The summed E-state index contributed by atoms with van der Waals surface area (Å²) in [6.45, 7) is -0.0228. The maximum atomic E-state index is 15.3. The van der Waals surface area contributed by atoms with Gasteiger partial charge >= 0.3 is 12.1 Å². The Balaban J connectivity index is 1.46. The Kier molecular flexibility index (Phi) is 8.25. The molecule has 3 unspecified atom stereocenters. The van der Waals surface area contributed by atoms with Crippen LogP contribution in [-0.4, -0.2) is 65.3 Å². The average Bonchev–Trinajstić information content (AvgIpc) is 3.51.